The molecule has 2 heterocycles. The van der Waals surface area contributed by atoms with Gasteiger partial charge in [-0.2, -0.15) is 0 Å². The van der Waals surface area contributed by atoms with Crippen molar-refractivity contribution in [1.82, 2.24) is 14.8 Å². The normalized spacial score (nSPS) is 30.7. The molecule has 0 spiro atoms. The van der Waals surface area contributed by atoms with Gasteiger partial charge in [-0.3, -0.25) is 4.79 Å². The van der Waals surface area contributed by atoms with E-state index in [0.717, 1.165) is 17.4 Å². The van der Waals surface area contributed by atoms with E-state index in [4.69, 9.17) is 4.74 Å². The Morgan fingerprint density at radius 1 is 1.26 bits per heavy atom. The first-order valence-corrected chi connectivity index (χ1v) is 7.92. The molecule has 5 nitrogen and oxygen atoms in total. The molecule has 2 saturated carbocycles. The van der Waals surface area contributed by atoms with Gasteiger partial charge in [0, 0.05) is 18.4 Å². The number of hydrogen-bond acceptors (Lipinski definition) is 5. The molecule has 6 heteroatoms. The van der Waals surface area contributed by atoms with Gasteiger partial charge in [-0.25, -0.2) is 0 Å². The van der Waals surface area contributed by atoms with Crippen molar-refractivity contribution in [3.63, 3.8) is 0 Å². The van der Waals surface area contributed by atoms with E-state index >= 15 is 0 Å². The summed E-state index contributed by atoms with van der Waals surface area (Å²) in [5, 5.41) is 9.50. The second kappa shape index (κ2) is 4.23. The molecule has 1 aromatic heterocycles. The van der Waals surface area contributed by atoms with Gasteiger partial charge >= 0.3 is 5.97 Å². The summed E-state index contributed by atoms with van der Waals surface area (Å²) in [5.74, 6) is 1.65. The molecule has 4 rings (SSSR count). The van der Waals surface area contributed by atoms with Crippen LogP contribution in [0.5, 0.6) is 0 Å². The molecule has 2 atom stereocenters. The zero-order valence-corrected chi connectivity index (χ0v) is 11.7. The minimum Gasteiger partial charge on any atom is -0.462 e. The molecule has 0 bridgehead atoms. The van der Waals surface area contributed by atoms with Gasteiger partial charge in [-0.15, -0.1) is 10.2 Å². The fourth-order valence-electron chi connectivity index (χ4n) is 2.61. The molecule has 19 heavy (non-hydrogen) atoms. The molecule has 102 valence electrons. The van der Waals surface area contributed by atoms with Gasteiger partial charge in [0.2, 0.25) is 0 Å². The van der Waals surface area contributed by atoms with Crippen molar-refractivity contribution in [2.24, 2.45) is 0 Å². The summed E-state index contributed by atoms with van der Waals surface area (Å²) in [6.07, 6.45) is 5.72. The first-order valence-electron chi connectivity index (χ1n) is 7.04. The van der Waals surface area contributed by atoms with Crippen LogP contribution in [-0.2, 0) is 9.53 Å². The summed E-state index contributed by atoms with van der Waals surface area (Å²) in [4.78, 5) is 11.7. The number of ether oxygens (including phenoxy) is 1. The maximum absolute atomic E-state index is 11.7. The van der Waals surface area contributed by atoms with E-state index in [1.54, 1.807) is 0 Å². The monoisotopic (exact) mass is 279 g/mol. The largest absolute Gasteiger partial charge is 0.462 e. The summed E-state index contributed by atoms with van der Waals surface area (Å²) in [6.45, 7) is 1.94. The molecule has 3 aliphatic rings. The topological polar surface area (TPSA) is 57.0 Å². The summed E-state index contributed by atoms with van der Waals surface area (Å²) < 4.78 is 7.50. The van der Waals surface area contributed by atoms with Gasteiger partial charge in [-0.05, 0) is 32.6 Å². The van der Waals surface area contributed by atoms with E-state index < -0.39 is 0 Å². The number of aromatic nitrogens is 3. The average Bonchev–Trinajstić information content (AvgIpc) is 3.28. The number of nitrogens with zero attached hydrogens (tertiary/aromatic N) is 3. The maximum Gasteiger partial charge on any atom is 0.319 e. The molecule has 0 unspecified atom stereocenters. The van der Waals surface area contributed by atoms with Crippen molar-refractivity contribution in [1.29, 1.82) is 0 Å². The lowest BCUT2D eigenvalue weighted by atomic mass is 10.3. The molecule has 1 aliphatic heterocycles. The molecule has 3 fully saturated rings. The van der Waals surface area contributed by atoms with Gasteiger partial charge in [0.1, 0.15) is 17.2 Å². The van der Waals surface area contributed by atoms with E-state index in [0.29, 0.717) is 12.0 Å². The standard InChI is InChI=1S/C13H17N3O2S/c1-7-6-10(12(17)18-7)19-13-15-14-11(8-2-3-8)16(13)9-4-5-9/h7-10H,2-6H2,1H3/t7-,10+/m1/s1. The Hall–Kier alpha value is -1.04. The average molecular weight is 279 g/mol. The number of rotatable bonds is 4. The maximum atomic E-state index is 11.7. The van der Waals surface area contributed by atoms with Gasteiger partial charge in [0.25, 0.3) is 0 Å². The van der Waals surface area contributed by atoms with E-state index in [9.17, 15) is 4.79 Å². The summed E-state index contributed by atoms with van der Waals surface area (Å²) in [7, 11) is 0. The molecule has 1 aromatic rings. The fourth-order valence-corrected chi connectivity index (χ4v) is 3.83. The van der Waals surface area contributed by atoms with Crippen molar-refractivity contribution in [2.45, 2.75) is 67.5 Å². The fraction of sp³-hybridized carbons (Fsp3) is 0.769. The third-order valence-electron chi connectivity index (χ3n) is 3.92. The molecule has 0 aromatic carbocycles. The summed E-state index contributed by atoms with van der Waals surface area (Å²) in [5.41, 5.74) is 0. The van der Waals surface area contributed by atoms with Crippen molar-refractivity contribution in [3.8, 4) is 0 Å². The van der Waals surface area contributed by atoms with E-state index in [1.165, 1.54) is 37.4 Å². The van der Waals surface area contributed by atoms with Crippen LogP contribution >= 0.6 is 11.8 Å². The van der Waals surface area contributed by atoms with E-state index in [1.807, 2.05) is 6.92 Å². The predicted octanol–water partition coefficient (Wildman–Crippen LogP) is 2.29. The lowest BCUT2D eigenvalue weighted by Crippen LogP contribution is -2.11. The van der Waals surface area contributed by atoms with Crippen LogP contribution in [0, 0.1) is 0 Å². The molecular formula is C13H17N3O2S. The second-order valence-electron chi connectivity index (χ2n) is 5.81. The lowest BCUT2D eigenvalue weighted by Gasteiger charge is -2.09. The third kappa shape index (κ3) is 2.16. The quantitative estimate of drug-likeness (QED) is 0.791. The Labute approximate surface area is 116 Å². The first-order chi connectivity index (χ1) is 9.22. The predicted molar refractivity (Wildman–Crippen MR) is 70.1 cm³/mol. The number of hydrogen-bond donors (Lipinski definition) is 0. The highest BCUT2D eigenvalue weighted by Gasteiger charge is 2.39. The SMILES string of the molecule is C[C@@H]1C[C@H](Sc2nnc(C3CC3)n2C2CC2)C(=O)O1. The highest BCUT2D eigenvalue weighted by Crippen LogP contribution is 2.46. The van der Waals surface area contributed by atoms with Crippen molar-refractivity contribution < 1.29 is 9.53 Å². The Balaban J connectivity index is 1.59. The lowest BCUT2D eigenvalue weighted by molar-refractivity contribution is -0.140. The number of carbonyl (C=O) groups excluding carboxylic acids is 1. The Kier molecular flexibility index (Phi) is 2.62. The summed E-state index contributed by atoms with van der Waals surface area (Å²) >= 11 is 1.54. The van der Waals surface area contributed by atoms with Crippen molar-refractivity contribution in [3.05, 3.63) is 5.82 Å². The Morgan fingerprint density at radius 2 is 2.05 bits per heavy atom. The molecule has 1 saturated heterocycles. The number of carbonyl (C=O) groups is 1. The minimum absolute atomic E-state index is 0.0326. The van der Waals surface area contributed by atoms with Crippen molar-refractivity contribution >= 4 is 17.7 Å². The van der Waals surface area contributed by atoms with Crippen LogP contribution in [0.2, 0.25) is 0 Å². The highest BCUT2D eigenvalue weighted by atomic mass is 32.2. The number of thioether (sulfide) groups is 1. The van der Waals surface area contributed by atoms with Crippen LogP contribution in [-0.4, -0.2) is 32.1 Å². The zero-order chi connectivity index (χ0) is 13.0. The van der Waals surface area contributed by atoms with Gasteiger partial charge < -0.3 is 9.30 Å². The van der Waals surface area contributed by atoms with Gasteiger partial charge in [-0.1, -0.05) is 11.8 Å². The molecule has 0 radical (unpaired) electrons. The molecule has 0 amide bonds. The van der Waals surface area contributed by atoms with Gasteiger partial charge in [0.05, 0.1) is 0 Å². The van der Waals surface area contributed by atoms with Crippen molar-refractivity contribution in [2.75, 3.05) is 0 Å². The van der Waals surface area contributed by atoms with Crippen LogP contribution in [0.3, 0.4) is 0 Å². The minimum atomic E-state index is -0.108. The summed E-state index contributed by atoms with van der Waals surface area (Å²) in [6, 6.07) is 0.572. The number of esters is 1. The molecule has 0 N–H and O–H groups in total. The second-order valence-corrected chi connectivity index (χ2v) is 6.98. The smallest absolute Gasteiger partial charge is 0.319 e. The zero-order valence-electron chi connectivity index (χ0n) is 10.9. The van der Waals surface area contributed by atoms with Crippen LogP contribution in [0.4, 0.5) is 0 Å². The van der Waals surface area contributed by atoms with E-state index in [-0.39, 0.29) is 17.3 Å². The molecule has 2 aliphatic carbocycles. The third-order valence-corrected chi connectivity index (χ3v) is 5.08. The van der Waals surface area contributed by atoms with Gasteiger partial charge in [0.15, 0.2) is 5.16 Å². The van der Waals surface area contributed by atoms with Crippen LogP contribution in [0.25, 0.3) is 0 Å². The van der Waals surface area contributed by atoms with Crippen LogP contribution < -0.4 is 0 Å². The number of cyclic esters (lactones) is 1. The van der Waals surface area contributed by atoms with E-state index in [2.05, 4.69) is 14.8 Å². The molecular weight excluding hydrogens is 262 g/mol. The van der Waals surface area contributed by atoms with Crippen LogP contribution in [0.15, 0.2) is 5.16 Å². The Bertz CT molecular complexity index is 522. The van der Waals surface area contributed by atoms with Crippen LogP contribution in [0.1, 0.15) is 56.8 Å². The Morgan fingerprint density at radius 3 is 2.63 bits per heavy atom. The highest BCUT2D eigenvalue weighted by molar-refractivity contribution is 8.00. The first kappa shape index (κ1) is 11.8.